The molecule has 2 nitrogen and oxygen atoms in total. The minimum absolute atomic E-state index is 0. The lowest BCUT2D eigenvalue weighted by Crippen LogP contribution is -2.08. The summed E-state index contributed by atoms with van der Waals surface area (Å²) in [6.07, 6.45) is 0.429. The quantitative estimate of drug-likeness (QED) is 0.814. The third-order valence-corrected chi connectivity index (χ3v) is 1.22. The molecule has 5 heteroatoms. The van der Waals surface area contributed by atoms with Gasteiger partial charge in [-0.05, 0) is 12.1 Å². The number of hydrogen-bond acceptors (Lipinski definition) is 2. The highest BCUT2D eigenvalue weighted by atomic mass is 35.5. The highest BCUT2D eigenvalue weighted by Crippen LogP contribution is 2.10. The molecule has 0 spiro atoms. The summed E-state index contributed by atoms with van der Waals surface area (Å²) in [6.45, 7) is -0.00296. The van der Waals surface area contributed by atoms with Gasteiger partial charge >= 0.3 is 0 Å². The Hall–Kier alpha value is -0.380. The van der Waals surface area contributed by atoms with Crippen molar-refractivity contribution in [2.45, 2.75) is 6.17 Å². The zero-order valence-electron chi connectivity index (χ0n) is 6.31. The fourth-order valence-electron chi connectivity index (χ4n) is 0.682. The molecule has 1 atom stereocenters. The lowest BCUT2D eigenvalue weighted by atomic mass is 10.2. The second-order valence-corrected chi connectivity index (χ2v) is 1.96. The van der Waals surface area contributed by atoms with Gasteiger partial charge < -0.3 is 5.73 Å². The summed E-state index contributed by atoms with van der Waals surface area (Å²) in [7, 11) is 0. The zero-order chi connectivity index (χ0) is 7.40. The summed E-state index contributed by atoms with van der Waals surface area (Å²) in [4.78, 5) is 3.79. The number of pyridine rings is 1. The molecule has 0 saturated heterocycles. The Kier molecular flexibility index (Phi) is 8.59. The molecule has 0 bridgehead atoms. The molecule has 0 fully saturated rings. The van der Waals surface area contributed by atoms with E-state index in [-0.39, 0.29) is 31.4 Å². The van der Waals surface area contributed by atoms with Crippen molar-refractivity contribution in [1.82, 2.24) is 4.98 Å². The lowest BCUT2D eigenvalue weighted by molar-refractivity contribution is 0.345. The van der Waals surface area contributed by atoms with Crippen molar-refractivity contribution < 1.29 is 4.39 Å². The molecule has 0 aromatic carbocycles. The van der Waals surface area contributed by atoms with Crippen LogP contribution in [0, 0.1) is 0 Å². The predicted molar refractivity (Wildman–Crippen MR) is 51.6 cm³/mol. The van der Waals surface area contributed by atoms with Crippen LogP contribution in [-0.2, 0) is 0 Å². The van der Waals surface area contributed by atoms with E-state index in [1.54, 1.807) is 24.4 Å². The minimum Gasteiger partial charge on any atom is -0.327 e. The van der Waals surface area contributed by atoms with Gasteiger partial charge in [0.15, 0.2) is 6.17 Å². The molecular formula is C7H11Cl2FN2. The first kappa shape index (κ1) is 14.2. The van der Waals surface area contributed by atoms with Crippen molar-refractivity contribution in [2.75, 3.05) is 6.54 Å². The number of rotatable bonds is 2. The highest BCUT2D eigenvalue weighted by molar-refractivity contribution is 5.85. The Morgan fingerprint density at radius 1 is 1.42 bits per heavy atom. The van der Waals surface area contributed by atoms with E-state index in [2.05, 4.69) is 4.98 Å². The Morgan fingerprint density at radius 2 is 2.08 bits per heavy atom. The first-order chi connectivity index (χ1) is 4.84. The largest absolute Gasteiger partial charge is 0.327 e. The number of nitrogens with zero attached hydrogens (tertiary/aromatic N) is 1. The van der Waals surface area contributed by atoms with Crippen molar-refractivity contribution in [3.05, 3.63) is 30.1 Å². The van der Waals surface area contributed by atoms with E-state index in [9.17, 15) is 4.39 Å². The van der Waals surface area contributed by atoms with Crippen LogP contribution < -0.4 is 5.73 Å². The standard InChI is InChI=1S/C7H9FN2.2ClH/c8-6(5-9)7-3-1-2-4-10-7;;/h1-4,6H,5,9H2;2*1H. The maximum atomic E-state index is 12.7. The van der Waals surface area contributed by atoms with E-state index in [4.69, 9.17) is 5.73 Å². The maximum Gasteiger partial charge on any atom is 0.154 e. The number of hydrogen-bond donors (Lipinski definition) is 1. The van der Waals surface area contributed by atoms with Gasteiger partial charge in [0.05, 0.1) is 5.69 Å². The van der Waals surface area contributed by atoms with Crippen LogP contribution in [0.1, 0.15) is 11.9 Å². The van der Waals surface area contributed by atoms with E-state index in [1.165, 1.54) is 0 Å². The summed E-state index contributed by atoms with van der Waals surface area (Å²) in [5.41, 5.74) is 5.50. The van der Waals surface area contributed by atoms with E-state index in [1.807, 2.05) is 0 Å². The molecule has 0 aliphatic heterocycles. The first-order valence-corrected chi connectivity index (χ1v) is 3.09. The molecule has 1 rings (SSSR count). The van der Waals surface area contributed by atoms with Gasteiger partial charge in [0, 0.05) is 12.7 Å². The van der Waals surface area contributed by atoms with E-state index in [0.717, 1.165) is 0 Å². The minimum atomic E-state index is -1.12. The van der Waals surface area contributed by atoms with E-state index in [0.29, 0.717) is 5.69 Å². The van der Waals surface area contributed by atoms with Crippen molar-refractivity contribution in [3.63, 3.8) is 0 Å². The van der Waals surface area contributed by atoms with Crippen LogP contribution in [0.15, 0.2) is 24.4 Å². The molecule has 2 N–H and O–H groups in total. The van der Waals surface area contributed by atoms with Crippen LogP contribution in [0.5, 0.6) is 0 Å². The third-order valence-electron chi connectivity index (χ3n) is 1.22. The van der Waals surface area contributed by atoms with Crippen LogP contribution in [0.2, 0.25) is 0 Å². The number of aromatic nitrogens is 1. The van der Waals surface area contributed by atoms with Crippen LogP contribution in [0.4, 0.5) is 4.39 Å². The highest BCUT2D eigenvalue weighted by Gasteiger charge is 2.05. The molecule has 0 aliphatic rings. The molecule has 1 aromatic rings. The number of halogens is 3. The van der Waals surface area contributed by atoms with Gasteiger partial charge in [-0.1, -0.05) is 6.07 Å². The van der Waals surface area contributed by atoms with Crippen molar-refractivity contribution in [1.29, 1.82) is 0 Å². The smallest absolute Gasteiger partial charge is 0.154 e. The van der Waals surface area contributed by atoms with Gasteiger partial charge in [-0.3, -0.25) is 4.98 Å². The van der Waals surface area contributed by atoms with Crippen molar-refractivity contribution in [3.8, 4) is 0 Å². The predicted octanol–water partition coefficient (Wildman–Crippen LogP) is 1.89. The number of alkyl halides is 1. The van der Waals surface area contributed by atoms with Crippen molar-refractivity contribution >= 4 is 24.8 Å². The molecule has 0 radical (unpaired) electrons. The van der Waals surface area contributed by atoms with Crippen molar-refractivity contribution in [2.24, 2.45) is 5.73 Å². The fraction of sp³-hybridized carbons (Fsp3) is 0.286. The van der Waals surface area contributed by atoms with Gasteiger partial charge in [-0.2, -0.15) is 0 Å². The second-order valence-electron chi connectivity index (χ2n) is 1.96. The van der Waals surface area contributed by atoms with Crippen LogP contribution >= 0.6 is 24.8 Å². The Labute approximate surface area is 83.2 Å². The first-order valence-electron chi connectivity index (χ1n) is 3.09. The molecule has 1 unspecified atom stereocenters. The zero-order valence-corrected chi connectivity index (χ0v) is 7.95. The molecule has 1 aromatic heterocycles. The summed E-state index contributed by atoms with van der Waals surface area (Å²) < 4.78 is 12.7. The number of nitrogens with two attached hydrogens (primary N) is 1. The molecule has 12 heavy (non-hydrogen) atoms. The monoisotopic (exact) mass is 212 g/mol. The topological polar surface area (TPSA) is 38.9 Å². The molecule has 70 valence electrons. The molecule has 0 saturated carbocycles. The van der Waals surface area contributed by atoms with Gasteiger partial charge in [-0.25, -0.2) is 4.39 Å². The summed E-state index contributed by atoms with van der Waals surface area (Å²) in [6, 6.07) is 5.11. The summed E-state index contributed by atoms with van der Waals surface area (Å²) >= 11 is 0. The average molecular weight is 213 g/mol. The normalized spacial score (nSPS) is 10.8. The molecule has 0 amide bonds. The molecule has 0 aliphatic carbocycles. The van der Waals surface area contributed by atoms with Crippen LogP contribution in [0.3, 0.4) is 0 Å². The summed E-state index contributed by atoms with van der Waals surface area (Å²) in [5, 5.41) is 0. The summed E-state index contributed by atoms with van der Waals surface area (Å²) in [5.74, 6) is 0. The van der Waals surface area contributed by atoms with Gasteiger partial charge in [0.2, 0.25) is 0 Å². The second kappa shape index (κ2) is 7.28. The van der Waals surface area contributed by atoms with Gasteiger partial charge in [-0.15, -0.1) is 24.8 Å². The Bertz CT molecular complexity index is 196. The Morgan fingerprint density at radius 3 is 2.50 bits per heavy atom. The molecule has 1 heterocycles. The van der Waals surface area contributed by atoms with E-state index < -0.39 is 6.17 Å². The Balaban J connectivity index is 0. The van der Waals surface area contributed by atoms with Crippen LogP contribution in [-0.4, -0.2) is 11.5 Å². The third kappa shape index (κ3) is 3.85. The van der Waals surface area contributed by atoms with Gasteiger partial charge in [0.25, 0.3) is 0 Å². The van der Waals surface area contributed by atoms with Crippen LogP contribution in [0.25, 0.3) is 0 Å². The SMILES string of the molecule is Cl.Cl.NCC(F)c1ccccn1. The van der Waals surface area contributed by atoms with E-state index >= 15 is 0 Å². The van der Waals surface area contributed by atoms with Gasteiger partial charge in [0.1, 0.15) is 0 Å². The maximum absolute atomic E-state index is 12.7. The average Bonchev–Trinajstić information content (AvgIpc) is 2.05. The lowest BCUT2D eigenvalue weighted by Gasteiger charge is -2.01. The fourth-order valence-corrected chi connectivity index (χ4v) is 0.682. The molecular weight excluding hydrogens is 202 g/mol.